The van der Waals surface area contributed by atoms with Crippen LogP contribution in [0.4, 0.5) is 5.69 Å². The summed E-state index contributed by atoms with van der Waals surface area (Å²) in [6.07, 6.45) is 1.58. The molecule has 5 heteroatoms. The Kier molecular flexibility index (Phi) is 3.89. The first-order chi connectivity index (χ1) is 8.61. The maximum absolute atomic E-state index is 9.48. The van der Waals surface area contributed by atoms with Crippen LogP contribution in [0.15, 0.2) is 30.5 Å². The molecule has 1 unspecified atom stereocenters. The van der Waals surface area contributed by atoms with E-state index in [0.717, 1.165) is 11.3 Å². The van der Waals surface area contributed by atoms with Gasteiger partial charge < -0.3 is 15.0 Å². The highest BCUT2D eigenvalue weighted by Gasteiger charge is 2.16. The van der Waals surface area contributed by atoms with Crippen molar-refractivity contribution < 1.29 is 5.11 Å². The molecule has 1 atom stereocenters. The third-order valence-electron chi connectivity index (χ3n) is 2.82. The van der Waals surface area contributed by atoms with Crippen molar-refractivity contribution in [1.82, 2.24) is 9.55 Å². The summed E-state index contributed by atoms with van der Waals surface area (Å²) in [6, 6.07) is 7.70. The summed E-state index contributed by atoms with van der Waals surface area (Å²) in [6.45, 7) is 1.98. The van der Waals surface area contributed by atoms with Crippen LogP contribution in [-0.2, 0) is 7.05 Å². The highest BCUT2D eigenvalue weighted by Crippen LogP contribution is 2.21. The molecular weight excluding hydrogens is 250 g/mol. The quantitative estimate of drug-likeness (QED) is 0.893. The average molecular weight is 266 g/mol. The molecule has 2 rings (SSSR count). The van der Waals surface area contributed by atoms with Crippen LogP contribution in [0.1, 0.15) is 17.4 Å². The zero-order chi connectivity index (χ0) is 13.1. The number of aryl methyl sites for hydroxylation is 1. The van der Waals surface area contributed by atoms with Gasteiger partial charge in [-0.2, -0.15) is 0 Å². The zero-order valence-corrected chi connectivity index (χ0v) is 11.1. The Hall–Kier alpha value is -1.52. The van der Waals surface area contributed by atoms with E-state index in [1.165, 1.54) is 0 Å². The van der Waals surface area contributed by atoms with Crippen molar-refractivity contribution in [2.45, 2.75) is 13.0 Å². The van der Waals surface area contributed by atoms with E-state index in [0.29, 0.717) is 11.0 Å². The highest BCUT2D eigenvalue weighted by molar-refractivity contribution is 6.29. The smallest absolute Gasteiger partial charge is 0.134 e. The summed E-state index contributed by atoms with van der Waals surface area (Å²) in [4.78, 5) is 4.21. The molecule has 1 heterocycles. The zero-order valence-electron chi connectivity index (χ0n) is 10.4. The van der Waals surface area contributed by atoms with Crippen molar-refractivity contribution in [1.29, 1.82) is 0 Å². The molecule has 1 aromatic carbocycles. The number of imidazole rings is 1. The predicted octanol–water partition coefficient (Wildman–Crippen LogP) is 2.53. The molecule has 0 amide bonds. The SMILES string of the molecule is Cc1cccc(NC(CO)c2ncc(Cl)n2C)c1. The standard InChI is InChI=1S/C13H16ClN3O/c1-9-4-3-5-10(6-9)16-11(8-18)13-15-7-12(14)17(13)2/h3-7,11,16,18H,8H2,1-2H3. The number of anilines is 1. The molecule has 0 bridgehead atoms. The van der Waals surface area contributed by atoms with Gasteiger partial charge in [-0.1, -0.05) is 23.7 Å². The summed E-state index contributed by atoms with van der Waals surface area (Å²) in [5, 5.41) is 13.3. The van der Waals surface area contributed by atoms with E-state index in [1.54, 1.807) is 10.8 Å². The Labute approximate surface area is 111 Å². The van der Waals surface area contributed by atoms with E-state index < -0.39 is 0 Å². The summed E-state index contributed by atoms with van der Waals surface area (Å²) in [7, 11) is 1.82. The van der Waals surface area contributed by atoms with Crippen LogP contribution in [0, 0.1) is 6.92 Å². The average Bonchev–Trinajstić information content (AvgIpc) is 2.67. The van der Waals surface area contributed by atoms with E-state index in [-0.39, 0.29) is 12.6 Å². The number of hydrogen-bond donors (Lipinski definition) is 2. The number of hydrogen-bond acceptors (Lipinski definition) is 3. The number of aliphatic hydroxyl groups excluding tert-OH is 1. The molecule has 0 spiro atoms. The normalized spacial score (nSPS) is 12.4. The third kappa shape index (κ3) is 2.66. The van der Waals surface area contributed by atoms with Gasteiger partial charge in [-0.25, -0.2) is 4.98 Å². The van der Waals surface area contributed by atoms with Gasteiger partial charge in [-0.3, -0.25) is 0 Å². The second-order valence-electron chi connectivity index (χ2n) is 4.25. The third-order valence-corrected chi connectivity index (χ3v) is 3.17. The van der Waals surface area contributed by atoms with Crippen LogP contribution in [0.2, 0.25) is 5.15 Å². The summed E-state index contributed by atoms with van der Waals surface area (Å²) >= 11 is 5.95. The molecule has 2 aromatic rings. The van der Waals surface area contributed by atoms with E-state index in [1.807, 2.05) is 38.2 Å². The van der Waals surface area contributed by atoms with Gasteiger partial charge in [0.2, 0.25) is 0 Å². The number of nitrogens with zero attached hydrogens (tertiary/aromatic N) is 2. The number of aliphatic hydroxyl groups is 1. The molecule has 0 saturated heterocycles. The highest BCUT2D eigenvalue weighted by atomic mass is 35.5. The van der Waals surface area contributed by atoms with Crippen molar-refractivity contribution in [2.24, 2.45) is 7.05 Å². The number of halogens is 1. The Morgan fingerprint density at radius 2 is 2.28 bits per heavy atom. The van der Waals surface area contributed by atoms with Gasteiger partial charge in [0.15, 0.2) is 0 Å². The lowest BCUT2D eigenvalue weighted by Gasteiger charge is -2.17. The van der Waals surface area contributed by atoms with Gasteiger partial charge in [0, 0.05) is 12.7 Å². The van der Waals surface area contributed by atoms with Gasteiger partial charge in [-0.05, 0) is 24.6 Å². The van der Waals surface area contributed by atoms with Gasteiger partial charge >= 0.3 is 0 Å². The minimum atomic E-state index is -0.274. The van der Waals surface area contributed by atoms with Crippen molar-refractivity contribution in [3.8, 4) is 0 Å². The first-order valence-corrected chi connectivity index (χ1v) is 6.11. The Morgan fingerprint density at radius 3 is 2.83 bits per heavy atom. The van der Waals surface area contributed by atoms with E-state index in [9.17, 15) is 5.11 Å². The Balaban J connectivity index is 2.22. The van der Waals surface area contributed by atoms with Gasteiger partial charge in [0.25, 0.3) is 0 Å². The largest absolute Gasteiger partial charge is 0.394 e. The minimum absolute atomic E-state index is 0.0465. The topological polar surface area (TPSA) is 50.1 Å². The van der Waals surface area contributed by atoms with Crippen LogP contribution in [0.5, 0.6) is 0 Å². The summed E-state index contributed by atoms with van der Waals surface area (Å²) in [5.41, 5.74) is 2.11. The van der Waals surface area contributed by atoms with Crippen LogP contribution < -0.4 is 5.32 Å². The fourth-order valence-electron chi connectivity index (χ4n) is 1.85. The molecule has 0 radical (unpaired) electrons. The molecule has 18 heavy (non-hydrogen) atoms. The molecule has 4 nitrogen and oxygen atoms in total. The first-order valence-electron chi connectivity index (χ1n) is 5.73. The van der Waals surface area contributed by atoms with Gasteiger partial charge in [0.05, 0.1) is 12.8 Å². The van der Waals surface area contributed by atoms with Crippen LogP contribution in [-0.4, -0.2) is 21.3 Å². The molecule has 0 aliphatic rings. The molecule has 0 fully saturated rings. The van der Waals surface area contributed by atoms with E-state index in [2.05, 4.69) is 10.3 Å². The summed E-state index contributed by atoms with van der Waals surface area (Å²) in [5.74, 6) is 0.712. The minimum Gasteiger partial charge on any atom is -0.394 e. The van der Waals surface area contributed by atoms with Gasteiger partial charge in [-0.15, -0.1) is 0 Å². The Bertz CT molecular complexity index is 539. The fraction of sp³-hybridized carbons (Fsp3) is 0.308. The number of rotatable bonds is 4. The number of nitrogens with one attached hydrogen (secondary N) is 1. The van der Waals surface area contributed by atoms with Crippen molar-refractivity contribution in [2.75, 3.05) is 11.9 Å². The fourth-order valence-corrected chi connectivity index (χ4v) is 1.99. The van der Waals surface area contributed by atoms with Crippen molar-refractivity contribution >= 4 is 17.3 Å². The number of aromatic nitrogens is 2. The predicted molar refractivity (Wildman–Crippen MR) is 72.8 cm³/mol. The lowest BCUT2D eigenvalue weighted by atomic mass is 10.2. The van der Waals surface area contributed by atoms with Crippen molar-refractivity contribution in [3.05, 3.63) is 47.0 Å². The van der Waals surface area contributed by atoms with Crippen LogP contribution in [0.25, 0.3) is 0 Å². The molecule has 0 saturated carbocycles. The molecule has 1 aromatic heterocycles. The molecule has 0 aliphatic heterocycles. The number of benzene rings is 1. The Morgan fingerprint density at radius 1 is 1.50 bits per heavy atom. The van der Waals surface area contributed by atoms with Crippen molar-refractivity contribution in [3.63, 3.8) is 0 Å². The lowest BCUT2D eigenvalue weighted by Crippen LogP contribution is -2.19. The second kappa shape index (κ2) is 5.42. The second-order valence-corrected chi connectivity index (χ2v) is 4.63. The van der Waals surface area contributed by atoms with Crippen LogP contribution in [0.3, 0.4) is 0 Å². The first kappa shape index (κ1) is 12.9. The lowest BCUT2D eigenvalue weighted by molar-refractivity contribution is 0.270. The van der Waals surface area contributed by atoms with Crippen LogP contribution >= 0.6 is 11.6 Å². The maximum Gasteiger partial charge on any atom is 0.134 e. The monoisotopic (exact) mass is 265 g/mol. The molecule has 96 valence electrons. The van der Waals surface area contributed by atoms with E-state index >= 15 is 0 Å². The molecule has 2 N–H and O–H groups in total. The maximum atomic E-state index is 9.48. The molecule has 0 aliphatic carbocycles. The van der Waals surface area contributed by atoms with Gasteiger partial charge in [0.1, 0.15) is 17.0 Å². The van der Waals surface area contributed by atoms with E-state index in [4.69, 9.17) is 11.6 Å². The molecular formula is C13H16ClN3O. The summed E-state index contributed by atoms with van der Waals surface area (Å²) < 4.78 is 1.76.